The topological polar surface area (TPSA) is 75.4 Å². The maximum atomic E-state index is 12.5. The van der Waals surface area contributed by atoms with E-state index in [0.717, 1.165) is 4.68 Å². The Morgan fingerprint density at radius 2 is 2.10 bits per heavy atom. The Kier molecular flexibility index (Phi) is 3.71. The van der Waals surface area contributed by atoms with Gasteiger partial charge in [0.15, 0.2) is 11.6 Å². The molecule has 0 fully saturated rings. The number of alkyl halides is 3. The number of hydrogen-bond acceptors (Lipinski definition) is 5. The number of hydrogen-bond donors (Lipinski definition) is 0. The molecule has 0 spiro atoms. The molecule has 0 aliphatic carbocycles. The molecule has 1 unspecified atom stereocenters. The SMILES string of the molecule is Cn1nc(C(F)(F)F)nc1C[S+]([O-])C1=NOC(C)(C)C1. The van der Waals surface area contributed by atoms with Crippen LogP contribution in [0, 0.1) is 0 Å². The van der Waals surface area contributed by atoms with E-state index >= 15 is 0 Å². The van der Waals surface area contributed by atoms with Crippen molar-refractivity contribution < 1.29 is 22.6 Å². The second-order valence-corrected chi connectivity index (χ2v) is 6.43. The van der Waals surface area contributed by atoms with Crippen LogP contribution in [0.3, 0.4) is 0 Å². The minimum Gasteiger partial charge on any atom is -0.610 e. The average molecular weight is 310 g/mol. The summed E-state index contributed by atoms with van der Waals surface area (Å²) in [7, 11) is 1.33. The Labute approximate surface area is 116 Å². The monoisotopic (exact) mass is 310 g/mol. The largest absolute Gasteiger partial charge is 0.610 e. The Bertz CT molecular complexity index is 541. The van der Waals surface area contributed by atoms with Gasteiger partial charge >= 0.3 is 6.18 Å². The van der Waals surface area contributed by atoms with Crippen LogP contribution in [0.15, 0.2) is 5.16 Å². The molecule has 0 saturated heterocycles. The van der Waals surface area contributed by atoms with Gasteiger partial charge < -0.3 is 9.39 Å². The lowest BCUT2D eigenvalue weighted by Gasteiger charge is -2.13. The molecule has 1 aromatic heterocycles. The van der Waals surface area contributed by atoms with Gasteiger partial charge in [0.1, 0.15) is 5.60 Å². The van der Waals surface area contributed by atoms with Gasteiger partial charge in [-0.1, -0.05) is 0 Å². The van der Waals surface area contributed by atoms with Crippen molar-refractivity contribution in [3.05, 3.63) is 11.6 Å². The molecule has 1 aliphatic rings. The predicted octanol–water partition coefficient (Wildman–Crippen LogP) is 1.60. The molecular formula is C10H13F3N4O2S. The molecule has 2 heterocycles. The summed E-state index contributed by atoms with van der Waals surface area (Å²) in [6, 6.07) is 0. The summed E-state index contributed by atoms with van der Waals surface area (Å²) < 4.78 is 50.4. The number of aromatic nitrogens is 3. The van der Waals surface area contributed by atoms with E-state index in [0.29, 0.717) is 11.5 Å². The minimum atomic E-state index is -4.62. The van der Waals surface area contributed by atoms with Crippen molar-refractivity contribution in [2.45, 2.75) is 37.8 Å². The lowest BCUT2D eigenvalue weighted by molar-refractivity contribution is -0.145. The molecule has 6 nitrogen and oxygen atoms in total. The molecular weight excluding hydrogens is 297 g/mol. The molecule has 1 aromatic rings. The van der Waals surface area contributed by atoms with Crippen molar-refractivity contribution in [3.8, 4) is 0 Å². The Morgan fingerprint density at radius 1 is 1.45 bits per heavy atom. The van der Waals surface area contributed by atoms with Crippen LogP contribution in [0.5, 0.6) is 0 Å². The number of aryl methyl sites for hydroxylation is 1. The normalized spacial score (nSPS) is 19.6. The maximum absolute atomic E-state index is 12.5. The zero-order chi connectivity index (χ0) is 15.1. The van der Waals surface area contributed by atoms with E-state index in [2.05, 4.69) is 15.2 Å². The van der Waals surface area contributed by atoms with E-state index in [1.165, 1.54) is 7.05 Å². The van der Waals surface area contributed by atoms with Gasteiger partial charge in [-0.25, -0.2) is 9.67 Å². The molecule has 0 saturated carbocycles. The third-order valence-electron chi connectivity index (χ3n) is 2.60. The molecule has 2 rings (SSSR count). The molecule has 1 atom stereocenters. The van der Waals surface area contributed by atoms with E-state index in [-0.39, 0.29) is 11.6 Å². The highest BCUT2D eigenvalue weighted by Crippen LogP contribution is 2.28. The van der Waals surface area contributed by atoms with Gasteiger partial charge in [0.2, 0.25) is 0 Å². The smallest absolute Gasteiger partial charge is 0.453 e. The van der Waals surface area contributed by atoms with Gasteiger partial charge in [0.05, 0.1) is 6.42 Å². The Balaban J connectivity index is 2.09. The van der Waals surface area contributed by atoms with Crippen molar-refractivity contribution in [1.82, 2.24) is 14.8 Å². The van der Waals surface area contributed by atoms with Crippen LogP contribution in [-0.4, -0.2) is 30.0 Å². The molecule has 0 radical (unpaired) electrons. The standard InChI is InChI=1S/C10H13F3N4O2S/c1-9(2)4-7(16-19-9)20(18)5-6-14-8(10(11,12)13)15-17(6)3/h4-5H2,1-3H3. The Morgan fingerprint density at radius 3 is 2.55 bits per heavy atom. The van der Waals surface area contributed by atoms with E-state index in [4.69, 9.17) is 4.84 Å². The molecule has 0 bridgehead atoms. The van der Waals surface area contributed by atoms with Gasteiger partial charge in [-0.3, -0.25) is 0 Å². The van der Waals surface area contributed by atoms with Gasteiger partial charge in [0.25, 0.3) is 10.9 Å². The summed E-state index contributed by atoms with van der Waals surface area (Å²) in [5.41, 5.74) is -0.540. The zero-order valence-corrected chi connectivity index (χ0v) is 11.9. The van der Waals surface area contributed by atoms with Crippen LogP contribution >= 0.6 is 0 Å². The number of rotatable bonds is 2. The van der Waals surface area contributed by atoms with Crippen LogP contribution in [0.4, 0.5) is 13.2 Å². The van der Waals surface area contributed by atoms with Crippen molar-refractivity contribution in [3.63, 3.8) is 0 Å². The predicted molar refractivity (Wildman–Crippen MR) is 65.1 cm³/mol. The van der Waals surface area contributed by atoms with Crippen LogP contribution in [-0.2, 0) is 35.0 Å². The van der Waals surface area contributed by atoms with Crippen LogP contribution in [0.1, 0.15) is 31.9 Å². The van der Waals surface area contributed by atoms with Crippen LogP contribution < -0.4 is 0 Å². The second-order valence-electron chi connectivity index (χ2n) is 4.98. The van der Waals surface area contributed by atoms with E-state index in [9.17, 15) is 17.7 Å². The summed E-state index contributed by atoms with van der Waals surface area (Å²) in [5, 5.41) is 7.28. The fraction of sp³-hybridized carbons (Fsp3) is 0.700. The first-order valence-corrected chi connectivity index (χ1v) is 7.01. The third kappa shape index (κ3) is 3.23. The number of halogens is 3. The first-order chi connectivity index (χ1) is 9.08. The maximum Gasteiger partial charge on any atom is 0.453 e. The summed E-state index contributed by atoms with van der Waals surface area (Å²) in [6.07, 6.45) is -4.25. The van der Waals surface area contributed by atoms with Crippen molar-refractivity contribution >= 4 is 16.2 Å². The van der Waals surface area contributed by atoms with E-state index < -0.39 is 28.8 Å². The van der Waals surface area contributed by atoms with Crippen LogP contribution in [0.25, 0.3) is 0 Å². The lowest BCUT2D eigenvalue weighted by atomic mass is 10.1. The number of nitrogens with zero attached hydrogens (tertiary/aromatic N) is 4. The Hall–Kier alpha value is -1.29. The van der Waals surface area contributed by atoms with Gasteiger partial charge in [0, 0.05) is 18.2 Å². The van der Waals surface area contributed by atoms with E-state index in [1.54, 1.807) is 13.8 Å². The van der Waals surface area contributed by atoms with Crippen molar-refractivity contribution in [1.29, 1.82) is 0 Å². The second kappa shape index (κ2) is 4.92. The summed E-state index contributed by atoms with van der Waals surface area (Å²) in [6.45, 7) is 3.57. The molecule has 0 amide bonds. The van der Waals surface area contributed by atoms with Crippen molar-refractivity contribution in [2.75, 3.05) is 0 Å². The van der Waals surface area contributed by atoms with E-state index in [1.807, 2.05) is 0 Å². The summed E-state index contributed by atoms with van der Waals surface area (Å²) in [4.78, 5) is 8.44. The van der Waals surface area contributed by atoms with Crippen LogP contribution in [0.2, 0.25) is 0 Å². The first-order valence-electron chi connectivity index (χ1n) is 5.69. The van der Waals surface area contributed by atoms with Gasteiger partial charge in [-0.15, -0.1) is 5.10 Å². The van der Waals surface area contributed by atoms with Crippen molar-refractivity contribution in [2.24, 2.45) is 12.2 Å². The van der Waals surface area contributed by atoms with Gasteiger partial charge in [-0.2, -0.15) is 13.2 Å². The zero-order valence-electron chi connectivity index (χ0n) is 11.1. The summed E-state index contributed by atoms with van der Waals surface area (Å²) in [5.74, 6) is -1.43. The van der Waals surface area contributed by atoms with Gasteiger partial charge in [-0.05, 0) is 19.0 Å². The lowest BCUT2D eigenvalue weighted by Crippen LogP contribution is -2.24. The molecule has 1 aliphatic heterocycles. The fourth-order valence-electron chi connectivity index (χ4n) is 1.59. The highest BCUT2D eigenvalue weighted by atomic mass is 32.2. The molecule has 0 N–H and O–H groups in total. The summed E-state index contributed by atoms with van der Waals surface area (Å²) >= 11 is -1.58. The highest BCUT2D eigenvalue weighted by Gasteiger charge is 2.39. The fourth-order valence-corrected chi connectivity index (χ4v) is 2.87. The molecule has 20 heavy (non-hydrogen) atoms. The molecule has 0 aromatic carbocycles. The quantitative estimate of drug-likeness (QED) is 0.778. The minimum absolute atomic E-state index is 0.0111. The molecule has 10 heteroatoms. The first kappa shape index (κ1) is 15.1. The third-order valence-corrected chi connectivity index (χ3v) is 3.87. The highest BCUT2D eigenvalue weighted by molar-refractivity contribution is 8.05. The average Bonchev–Trinajstić information content (AvgIpc) is 2.82. The number of oxime groups is 1. The molecule has 112 valence electrons.